The maximum Gasteiger partial charge on any atom is 0.241 e. The molecule has 0 unspecified atom stereocenters. The average molecular weight is 318 g/mol. The van der Waals surface area contributed by atoms with E-state index in [1.165, 1.54) is 13.0 Å². The zero-order valence-corrected chi connectivity index (χ0v) is 12.8. The fourth-order valence-corrected chi connectivity index (χ4v) is 2.87. The molecule has 1 aromatic rings. The van der Waals surface area contributed by atoms with E-state index < -0.39 is 21.7 Å². The van der Waals surface area contributed by atoms with Crippen molar-refractivity contribution in [1.82, 2.24) is 10.0 Å². The van der Waals surface area contributed by atoms with Crippen LogP contribution < -0.4 is 10.0 Å². The largest absolute Gasteiger partial charge is 0.385 e. The molecule has 6 nitrogen and oxygen atoms in total. The van der Waals surface area contributed by atoms with Gasteiger partial charge in [-0.15, -0.1) is 0 Å². The number of carbonyl (C=O) groups is 1. The number of halogens is 1. The van der Waals surface area contributed by atoms with Crippen molar-refractivity contribution >= 4 is 15.9 Å². The van der Waals surface area contributed by atoms with Gasteiger partial charge >= 0.3 is 0 Å². The summed E-state index contributed by atoms with van der Waals surface area (Å²) >= 11 is 0. The summed E-state index contributed by atoms with van der Waals surface area (Å²) in [7, 11) is -2.28. The van der Waals surface area contributed by atoms with E-state index in [-0.39, 0.29) is 17.0 Å². The van der Waals surface area contributed by atoms with Crippen LogP contribution in [0.2, 0.25) is 0 Å². The van der Waals surface area contributed by atoms with Crippen LogP contribution in [0.3, 0.4) is 0 Å². The zero-order valence-electron chi connectivity index (χ0n) is 12.0. The molecule has 0 bridgehead atoms. The van der Waals surface area contributed by atoms with E-state index in [9.17, 15) is 17.6 Å². The van der Waals surface area contributed by atoms with Gasteiger partial charge in [0.25, 0.3) is 0 Å². The first-order chi connectivity index (χ1) is 9.86. The predicted octanol–water partition coefficient (Wildman–Crippen LogP) is 0.565. The number of amides is 1. The minimum absolute atomic E-state index is 0.0453. The Bertz CT molecular complexity index is 590. The number of nitrogens with one attached hydrogen (secondary N) is 2. The molecule has 0 saturated heterocycles. The highest BCUT2D eigenvalue weighted by Crippen LogP contribution is 2.15. The monoisotopic (exact) mass is 318 g/mol. The Kier molecular flexibility index (Phi) is 6.73. The maximum atomic E-state index is 13.0. The molecule has 118 valence electrons. The highest BCUT2D eigenvalue weighted by atomic mass is 32.2. The van der Waals surface area contributed by atoms with Crippen molar-refractivity contribution in [3.8, 4) is 0 Å². The Morgan fingerprint density at radius 2 is 2.10 bits per heavy atom. The second-order valence-corrected chi connectivity index (χ2v) is 6.17. The van der Waals surface area contributed by atoms with Gasteiger partial charge in [0.15, 0.2) is 0 Å². The van der Waals surface area contributed by atoms with E-state index in [0.29, 0.717) is 19.6 Å². The summed E-state index contributed by atoms with van der Waals surface area (Å²) in [5.74, 6) is -0.947. The first kappa shape index (κ1) is 17.5. The summed E-state index contributed by atoms with van der Waals surface area (Å²) in [6.07, 6.45) is 0.645. The third-order valence-corrected chi connectivity index (χ3v) is 4.26. The van der Waals surface area contributed by atoms with E-state index in [1.807, 2.05) is 0 Å². The number of rotatable bonds is 8. The maximum absolute atomic E-state index is 13.0. The van der Waals surface area contributed by atoms with Gasteiger partial charge in [-0.1, -0.05) is 0 Å². The lowest BCUT2D eigenvalue weighted by Crippen LogP contribution is -2.37. The molecule has 0 radical (unpaired) electrons. The molecule has 1 rings (SSSR count). The van der Waals surface area contributed by atoms with Crippen LogP contribution >= 0.6 is 0 Å². The minimum Gasteiger partial charge on any atom is -0.385 e. The third kappa shape index (κ3) is 5.78. The number of methoxy groups -OCH3 is 1. The lowest BCUT2D eigenvalue weighted by Gasteiger charge is -2.09. The lowest BCUT2D eigenvalue weighted by molar-refractivity contribution is -0.120. The third-order valence-electron chi connectivity index (χ3n) is 2.70. The van der Waals surface area contributed by atoms with Gasteiger partial charge in [0.2, 0.25) is 15.9 Å². The Labute approximate surface area is 123 Å². The molecule has 0 atom stereocenters. The smallest absolute Gasteiger partial charge is 0.241 e. The fraction of sp³-hybridized carbons (Fsp3) is 0.462. The molecule has 0 fully saturated rings. The number of carbonyl (C=O) groups excluding carboxylic acids is 1. The summed E-state index contributed by atoms with van der Waals surface area (Å²) in [6.45, 7) is 2.04. The summed E-state index contributed by atoms with van der Waals surface area (Å²) in [5, 5.41) is 2.56. The molecular weight excluding hydrogens is 299 g/mol. The average Bonchev–Trinajstić information content (AvgIpc) is 2.41. The van der Waals surface area contributed by atoms with Gasteiger partial charge in [-0.3, -0.25) is 4.79 Å². The first-order valence-corrected chi connectivity index (χ1v) is 7.86. The summed E-state index contributed by atoms with van der Waals surface area (Å²) < 4.78 is 44.0. The fourth-order valence-electron chi connectivity index (χ4n) is 1.66. The zero-order chi connectivity index (χ0) is 15.9. The van der Waals surface area contributed by atoms with Gasteiger partial charge in [-0.05, 0) is 37.1 Å². The predicted molar refractivity (Wildman–Crippen MR) is 75.8 cm³/mol. The SMILES string of the molecule is COCCCNC(=O)CNS(=O)(=O)c1ccc(F)cc1C. The molecule has 0 aromatic heterocycles. The molecule has 0 aliphatic rings. The number of hydrogen-bond donors (Lipinski definition) is 2. The van der Waals surface area contributed by atoms with Crippen molar-refractivity contribution < 1.29 is 22.3 Å². The number of sulfonamides is 1. The van der Waals surface area contributed by atoms with Crippen molar-refractivity contribution in [2.75, 3.05) is 26.8 Å². The highest BCUT2D eigenvalue weighted by Gasteiger charge is 2.18. The van der Waals surface area contributed by atoms with Gasteiger partial charge in [0.05, 0.1) is 11.4 Å². The Hall–Kier alpha value is -1.51. The van der Waals surface area contributed by atoms with Crippen LogP contribution in [-0.4, -0.2) is 41.1 Å². The Balaban J connectivity index is 2.55. The summed E-state index contributed by atoms with van der Waals surface area (Å²) in [4.78, 5) is 11.4. The molecule has 8 heteroatoms. The molecule has 1 aromatic carbocycles. The standard InChI is InChI=1S/C13H19FN2O4S/c1-10-8-11(14)4-5-12(10)21(18,19)16-9-13(17)15-6-3-7-20-2/h4-5,8,16H,3,6-7,9H2,1-2H3,(H,15,17). The van der Waals surface area contributed by atoms with Crippen molar-refractivity contribution in [2.45, 2.75) is 18.2 Å². The van der Waals surface area contributed by atoms with Crippen LogP contribution in [-0.2, 0) is 19.6 Å². The molecule has 0 spiro atoms. The summed E-state index contributed by atoms with van der Waals surface area (Å²) in [6, 6.07) is 3.36. The first-order valence-electron chi connectivity index (χ1n) is 6.38. The number of benzene rings is 1. The normalized spacial score (nSPS) is 11.4. The van der Waals surface area contributed by atoms with Crippen LogP contribution in [0.5, 0.6) is 0 Å². The van der Waals surface area contributed by atoms with Gasteiger partial charge in [-0.2, -0.15) is 0 Å². The molecule has 0 saturated carbocycles. The van der Waals surface area contributed by atoms with Crippen molar-refractivity contribution in [3.63, 3.8) is 0 Å². The van der Waals surface area contributed by atoms with E-state index >= 15 is 0 Å². The lowest BCUT2D eigenvalue weighted by atomic mass is 10.2. The van der Waals surface area contributed by atoms with E-state index in [1.54, 1.807) is 7.11 Å². The topological polar surface area (TPSA) is 84.5 Å². The number of aryl methyl sites for hydroxylation is 1. The van der Waals surface area contributed by atoms with Gasteiger partial charge in [0.1, 0.15) is 5.82 Å². The van der Waals surface area contributed by atoms with E-state index in [2.05, 4.69) is 10.0 Å². The molecule has 1 amide bonds. The van der Waals surface area contributed by atoms with E-state index in [4.69, 9.17) is 4.74 Å². The van der Waals surface area contributed by atoms with Crippen LogP contribution in [0.15, 0.2) is 23.1 Å². The van der Waals surface area contributed by atoms with E-state index in [0.717, 1.165) is 12.1 Å². The van der Waals surface area contributed by atoms with Gasteiger partial charge < -0.3 is 10.1 Å². The van der Waals surface area contributed by atoms with Crippen LogP contribution in [0.25, 0.3) is 0 Å². The Morgan fingerprint density at radius 1 is 1.38 bits per heavy atom. The van der Waals surface area contributed by atoms with Crippen molar-refractivity contribution in [1.29, 1.82) is 0 Å². The molecule has 2 N–H and O–H groups in total. The quantitative estimate of drug-likeness (QED) is 0.686. The number of hydrogen-bond acceptors (Lipinski definition) is 4. The van der Waals surface area contributed by atoms with Crippen LogP contribution in [0, 0.1) is 12.7 Å². The summed E-state index contributed by atoms with van der Waals surface area (Å²) in [5.41, 5.74) is 0.281. The van der Waals surface area contributed by atoms with Crippen LogP contribution in [0.1, 0.15) is 12.0 Å². The van der Waals surface area contributed by atoms with Crippen LogP contribution in [0.4, 0.5) is 4.39 Å². The van der Waals surface area contributed by atoms with Crippen molar-refractivity contribution in [3.05, 3.63) is 29.6 Å². The molecule has 0 aliphatic heterocycles. The second kappa shape index (κ2) is 8.06. The molecule has 21 heavy (non-hydrogen) atoms. The number of ether oxygens (including phenoxy) is 1. The van der Waals surface area contributed by atoms with Crippen molar-refractivity contribution in [2.24, 2.45) is 0 Å². The minimum atomic E-state index is -3.84. The molecule has 0 aliphatic carbocycles. The van der Waals surface area contributed by atoms with Gasteiger partial charge in [0, 0.05) is 20.3 Å². The molecule has 0 heterocycles. The second-order valence-electron chi connectivity index (χ2n) is 4.43. The molecular formula is C13H19FN2O4S. The Morgan fingerprint density at radius 3 is 2.71 bits per heavy atom. The van der Waals surface area contributed by atoms with Gasteiger partial charge in [-0.25, -0.2) is 17.5 Å². The highest BCUT2D eigenvalue weighted by molar-refractivity contribution is 7.89.